The lowest BCUT2D eigenvalue weighted by Crippen LogP contribution is -2.76. The van der Waals surface area contributed by atoms with Gasteiger partial charge in [-0.05, 0) is 59.8 Å². The molecule has 0 radical (unpaired) electrons. The fraction of sp³-hybridized carbons (Fsp3) is 1.00. The first kappa shape index (κ1) is 33.8. The van der Waals surface area contributed by atoms with Crippen LogP contribution >= 0.6 is 0 Å². The quantitative estimate of drug-likeness (QED) is 0.101. The number of hydrogen-bond acceptors (Lipinski definition) is 5. The van der Waals surface area contributed by atoms with Crippen molar-refractivity contribution in [1.82, 2.24) is 10.6 Å². The summed E-state index contributed by atoms with van der Waals surface area (Å²) in [6.45, 7) is 19.6. The monoisotopic (exact) mass is 486 g/mol. The molecule has 0 aliphatic carbocycles. The van der Waals surface area contributed by atoms with Crippen LogP contribution in [0, 0.1) is 0 Å². The summed E-state index contributed by atoms with van der Waals surface area (Å²) in [4.78, 5) is 0. The average Bonchev–Trinajstić information content (AvgIpc) is 2.77. The van der Waals surface area contributed by atoms with Crippen molar-refractivity contribution in [3.63, 3.8) is 0 Å². The summed E-state index contributed by atoms with van der Waals surface area (Å²) < 4.78 is 20.0. The van der Waals surface area contributed by atoms with Crippen molar-refractivity contribution in [3.05, 3.63) is 0 Å². The fourth-order valence-electron chi connectivity index (χ4n) is 4.40. The maximum absolute atomic E-state index is 6.67. The smallest absolute Gasteiger partial charge is 0.316 e. The molecule has 206 valence electrons. The molecule has 0 saturated carbocycles. The van der Waals surface area contributed by atoms with Gasteiger partial charge in [-0.15, -0.1) is 0 Å². The second-order valence-corrected chi connectivity index (χ2v) is 10.5. The minimum atomic E-state index is -1.15. The van der Waals surface area contributed by atoms with Crippen LogP contribution in [0.5, 0.6) is 0 Å². The fourth-order valence-corrected chi connectivity index (χ4v) is 4.40. The van der Waals surface area contributed by atoms with E-state index in [9.17, 15) is 0 Å². The van der Waals surface area contributed by atoms with E-state index < -0.39 is 11.6 Å². The van der Waals surface area contributed by atoms with Crippen molar-refractivity contribution < 1.29 is 14.2 Å². The van der Waals surface area contributed by atoms with E-state index in [2.05, 4.69) is 66.0 Å². The first-order valence-electron chi connectivity index (χ1n) is 14.8. The molecule has 34 heavy (non-hydrogen) atoms. The average molecular weight is 487 g/mol. The van der Waals surface area contributed by atoms with Crippen LogP contribution in [0.25, 0.3) is 0 Å². The van der Waals surface area contributed by atoms with Crippen LogP contribution in [0.1, 0.15) is 145 Å². The van der Waals surface area contributed by atoms with Gasteiger partial charge in [0.1, 0.15) is 0 Å². The molecule has 5 nitrogen and oxygen atoms in total. The lowest BCUT2D eigenvalue weighted by atomic mass is 9.94. The van der Waals surface area contributed by atoms with Gasteiger partial charge >= 0.3 is 5.97 Å². The maximum atomic E-state index is 6.67. The van der Waals surface area contributed by atoms with Crippen molar-refractivity contribution in [1.29, 1.82) is 0 Å². The minimum absolute atomic E-state index is 0.259. The third-order valence-corrected chi connectivity index (χ3v) is 6.12. The van der Waals surface area contributed by atoms with Gasteiger partial charge in [-0.2, -0.15) is 0 Å². The molecule has 0 heterocycles. The Morgan fingerprint density at radius 1 is 0.500 bits per heavy atom. The van der Waals surface area contributed by atoms with E-state index in [0.717, 1.165) is 51.4 Å². The Morgan fingerprint density at radius 3 is 1.21 bits per heavy atom. The normalized spacial score (nSPS) is 12.9. The molecule has 0 fully saturated rings. The summed E-state index contributed by atoms with van der Waals surface area (Å²) >= 11 is 0. The van der Waals surface area contributed by atoms with E-state index in [1.165, 1.54) is 38.5 Å². The Kier molecular flexibility index (Phi) is 20.8. The molecule has 0 aliphatic rings. The SMILES string of the molecule is CCCCCCCCCC(NC(C)C)(NC(C)C)C(OCCCC)(OCCCC)OCCCC. The van der Waals surface area contributed by atoms with Gasteiger partial charge in [-0.25, -0.2) is 0 Å². The van der Waals surface area contributed by atoms with Crippen LogP contribution in [-0.4, -0.2) is 43.5 Å². The predicted molar refractivity (Wildman–Crippen MR) is 147 cm³/mol. The van der Waals surface area contributed by atoms with Gasteiger partial charge in [0.25, 0.3) is 0 Å². The summed E-state index contributed by atoms with van der Waals surface area (Å²) in [6, 6.07) is 0.518. The number of ether oxygens (including phenoxy) is 3. The predicted octanol–water partition coefficient (Wildman–Crippen LogP) is 7.92. The van der Waals surface area contributed by atoms with Gasteiger partial charge in [0.2, 0.25) is 0 Å². The molecule has 0 aromatic carbocycles. The van der Waals surface area contributed by atoms with Crippen LogP contribution in [0.15, 0.2) is 0 Å². The minimum Gasteiger partial charge on any atom is -0.325 e. The number of nitrogens with one attached hydrogen (secondary N) is 2. The topological polar surface area (TPSA) is 51.8 Å². The molecule has 0 aliphatic heterocycles. The lowest BCUT2D eigenvalue weighted by molar-refractivity contribution is -0.421. The number of hydrogen-bond donors (Lipinski definition) is 2. The van der Waals surface area contributed by atoms with Crippen LogP contribution in [0.3, 0.4) is 0 Å². The summed E-state index contributed by atoms with van der Waals surface area (Å²) in [7, 11) is 0. The highest BCUT2D eigenvalue weighted by Crippen LogP contribution is 2.35. The van der Waals surface area contributed by atoms with Crippen molar-refractivity contribution in [2.24, 2.45) is 0 Å². The maximum Gasteiger partial charge on any atom is 0.316 e. The van der Waals surface area contributed by atoms with E-state index >= 15 is 0 Å². The molecule has 0 bridgehead atoms. The Labute approximate surface area is 213 Å². The standard InChI is InChI=1S/C29H62N2O3/c1-9-13-17-18-19-20-21-22-28(30-26(5)6,31-27(7)8)29(32-23-14-10-2,33-24-15-11-3)34-25-16-12-4/h26-27,30-31H,9-25H2,1-8H3. The molecule has 0 spiro atoms. The van der Waals surface area contributed by atoms with Gasteiger partial charge in [0.15, 0.2) is 5.66 Å². The summed E-state index contributed by atoms with van der Waals surface area (Å²) in [5.41, 5.74) is -0.617. The van der Waals surface area contributed by atoms with Gasteiger partial charge in [0, 0.05) is 12.1 Å². The Morgan fingerprint density at radius 2 is 0.853 bits per heavy atom. The van der Waals surface area contributed by atoms with Gasteiger partial charge < -0.3 is 14.2 Å². The second kappa shape index (κ2) is 20.9. The molecule has 0 aromatic heterocycles. The molecular weight excluding hydrogens is 424 g/mol. The van der Waals surface area contributed by atoms with Crippen LogP contribution in [0.4, 0.5) is 0 Å². The summed E-state index contributed by atoms with van der Waals surface area (Å²) in [5, 5.41) is 7.74. The zero-order chi connectivity index (χ0) is 25.7. The molecule has 0 amide bonds. The Bertz CT molecular complexity index is 407. The highest BCUT2D eigenvalue weighted by Gasteiger charge is 2.56. The zero-order valence-electron chi connectivity index (χ0n) is 24.4. The second-order valence-electron chi connectivity index (χ2n) is 10.5. The highest BCUT2D eigenvalue weighted by atomic mass is 16.9. The van der Waals surface area contributed by atoms with E-state index in [1.807, 2.05) is 0 Å². The van der Waals surface area contributed by atoms with E-state index in [-0.39, 0.29) is 12.1 Å². The molecule has 0 saturated heterocycles. The summed E-state index contributed by atoms with van der Waals surface area (Å²) in [6.07, 6.45) is 16.1. The van der Waals surface area contributed by atoms with Crippen molar-refractivity contribution in [2.45, 2.75) is 169 Å². The summed E-state index contributed by atoms with van der Waals surface area (Å²) in [5.74, 6) is -1.15. The van der Waals surface area contributed by atoms with Gasteiger partial charge in [-0.1, -0.05) is 85.5 Å². The first-order chi connectivity index (χ1) is 16.3. The van der Waals surface area contributed by atoms with Gasteiger partial charge in [-0.3, -0.25) is 10.6 Å². The van der Waals surface area contributed by atoms with Crippen molar-refractivity contribution in [2.75, 3.05) is 19.8 Å². The molecule has 0 rings (SSSR count). The molecule has 5 heteroatoms. The highest BCUT2D eigenvalue weighted by molar-refractivity contribution is 4.97. The van der Waals surface area contributed by atoms with E-state index in [1.54, 1.807) is 0 Å². The molecule has 0 atom stereocenters. The lowest BCUT2D eigenvalue weighted by Gasteiger charge is -2.51. The van der Waals surface area contributed by atoms with Crippen LogP contribution in [0.2, 0.25) is 0 Å². The van der Waals surface area contributed by atoms with Gasteiger partial charge in [0.05, 0.1) is 19.8 Å². The van der Waals surface area contributed by atoms with E-state index in [0.29, 0.717) is 19.8 Å². The third kappa shape index (κ3) is 13.8. The van der Waals surface area contributed by atoms with E-state index in [4.69, 9.17) is 14.2 Å². The van der Waals surface area contributed by atoms with Crippen molar-refractivity contribution in [3.8, 4) is 0 Å². The molecule has 2 N–H and O–H groups in total. The van der Waals surface area contributed by atoms with Crippen molar-refractivity contribution >= 4 is 0 Å². The number of rotatable bonds is 25. The molecular formula is C29H62N2O3. The Balaban J connectivity index is 6.02. The third-order valence-electron chi connectivity index (χ3n) is 6.12. The Hall–Kier alpha value is -0.200. The number of unbranched alkanes of at least 4 members (excludes halogenated alkanes) is 9. The largest absolute Gasteiger partial charge is 0.325 e. The molecule has 0 unspecified atom stereocenters. The first-order valence-corrected chi connectivity index (χ1v) is 14.8. The van der Waals surface area contributed by atoms with Crippen LogP contribution in [-0.2, 0) is 14.2 Å². The van der Waals surface area contributed by atoms with Crippen LogP contribution < -0.4 is 10.6 Å². The zero-order valence-corrected chi connectivity index (χ0v) is 24.4. The molecule has 0 aromatic rings.